The minimum absolute atomic E-state index is 0.146. The van der Waals surface area contributed by atoms with E-state index < -0.39 is 12.1 Å². The van der Waals surface area contributed by atoms with E-state index in [2.05, 4.69) is 28.9 Å². The number of fused-ring (bicyclic) bond motifs is 1. The number of nitrogens with one attached hydrogen (secondary N) is 1. The molecule has 0 fully saturated rings. The van der Waals surface area contributed by atoms with Crippen molar-refractivity contribution in [2.75, 3.05) is 13.7 Å². The molecule has 1 aromatic rings. The number of methoxy groups -OCH3 is 1. The summed E-state index contributed by atoms with van der Waals surface area (Å²) < 4.78 is 10.3. The highest BCUT2D eigenvalue weighted by atomic mass is 16.5. The first-order valence-corrected chi connectivity index (χ1v) is 8.01. The van der Waals surface area contributed by atoms with Gasteiger partial charge in [0.1, 0.15) is 17.5 Å². The number of nitrogens with zero attached hydrogens (tertiary/aromatic N) is 2. The number of hydrogen-bond donors (Lipinski definition) is 1. The molecule has 1 aliphatic rings. The zero-order chi connectivity index (χ0) is 17.0. The molecule has 0 aromatic carbocycles. The van der Waals surface area contributed by atoms with Crippen LogP contribution in [0.5, 0.6) is 0 Å². The number of carbonyl (C=O) groups excluding carboxylic acids is 2. The molecule has 2 amide bonds. The first kappa shape index (κ1) is 17.3. The Morgan fingerprint density at radius 3 is 2.78 bits per heavy atom. The van der Waals surface area contributed by atoms with Crippen molar-refractivity contribution in [3.8, 4) is 0 Å². The van der Waals surface area contributed by atoms with Crippen molar-refractivity contribution in [1.82, 2.24) is 15.2 Å². The highest BCUT2D eigenvalue weighted by molar-refractivity contribution is 5.85. The van der Waals surface area contributed by atoms with Crippen molar-refractivity contribution >= 4 is 12.0 Å². The van der Waals surface area contributed by atoms with Gasteiger partial charge in [-0.25, -0.2) is 9.78 Å². The summed E-state index contributed by atoms with van der Waals surface area (Å²) in [5.74, 6) is 2.08. The number of aromatic nitrogens is 1. The Hall–Kier alpha value is -2.05. The van der Waals surface area contributed by atoms with Gasteiger partial charge in [0.2, 0.25) is 5.91 Å². The summed E-state index contributed by atoms with van der Waals surface area (Å²) in [6.45, 7) is 6.97. The molecule has 1 unspecified atom stereocenters. The molecule has 1 atom stereocenters. The van der Waals surface area contributed by atoms with E-state index in [9.17, 15) is 9.59 Å². The third-order valence-electron chi connectivity index (χ3n) is 3.91. The smallest absolute Gasteiger partial charge is 0.407 e. The number of aryl methyl sites for hydroxylation is 1. The summed E-state index contributed by atoms with van der Waals surface area (Å²) in [4.78, 5) is 29.8. The van der Waals surface area contributed by atoms with Gasteiger partial charge in [0.05, 0.1) is 13.7 Å². The van der Waals surface area contributed by atoms with Crippen LogP contribution in [-0.4, -0.2) is 41.6 Å². The van der Waals surface area contributed by atoms with Gasteiger partial charge >= 0.3 is 6.09 Å². The van der Waals surface area contributed by atoms with Crippen molar-refractivity contribution in [2.24, 2.45) is 5.92 Å². The Morgan fingerprint density at radius 2 is 2.13 bits per heavy atom. The van der Waals surface area contributed by atoms with Crippen LogP contribution in [0.2, 0.25) is 0 Å². The second-order valence-electron chi connectivity index (χ2n) is 6.28. The quantitative estimate of drug-likeness (QED) is 0.894. The van der Waals surface area contributed by atoms with Crippen LogP contribution < -0.4 is 5.32 Å². The zero-order valence-corrected chi connectivity index (χ0v) is 14.2. The summed E-state index contributed by atoms with van der Waals surface area (Å²) in [5, 5.41) is 2.49. The topological polar surface area (TPSA) is 84.7 Å². The lowest BCUT2D eigenvalue weighted by Crippen LogP contribution is -2.48. The molecule has 2 heterocycles. The summed E-state index contributed by atoms with van der Waals surface area (Å²) in [5.41, 5.74) is 0.827. The van der Waals surface area contributed by atoms with Gasteiger partial charge in [-0.2, -0.15) is 0 Å². The normalized spacial score (nSPS) is 15.3. The molecule has 2 rings (SSSR count). The summed E-state index contributed by atoms with van der Waals surface area (Å²) >= 11 is 0. The van der Waals surface area contributed by atoms with Crippen LogP contribution in [0.3, 0.4) is 0 Å². The fourth-order valence-electron chi connectivity index (χ4n) is 2.53. The van der Waals surface area contributed by atoms with Gasteiger partial charge < -0.3 is 19.4 Å². The van der Waals surface area contributed by atoms with Gasteiger partial charge in [-0.15, -0.1) is 0 Å². The minimum atomic E-state index is -0.628. The van der Waals surface area contributed by atoms with E-state index in [1.54, 1.807) is 11.8 Å². The number of hydrogen-bond acceptors (Lipinski definition) is 5. The van der Waals surface area contributed by atoms with Crippen LogP contribution in [-0.2, 0) is 28.9 Å². The maximum Gasteiger partial charge on any atom is 0.407 e. The molecule has 0 aliphatic carbocycles. The van der Waals surface area contributed by atoms with Gasteiger partial charge in [-0.3, -0.25) is 4.79 Å². The maximum atomic E-state index is 12.4. The highest BCUT2D eigenvalue weighted by Crippen LogP contribution is 2.21. The second kappa shape index (κ2) is 7.48. The molecule has 0 saturated carbocycles. The van der Waals surface area contributed by atoms with Crippen molar-refractivity contribution in [3.63, 3.8) is 0 Å². The number of rotatable bonds is 5. The van der Waals surface area contributed by atoms with Crippen molar-refractivity contribution < 1.29 is 18.7 Å². The number of carbonyl (C=O) groups is 2. The van der Waals surface area contributed by atoms with E-state index in [1.807, 2.05) is 0 Å². The van der Waals surface area contributed by atoms with E-state index in [0.29, 0.717) is 25.4 Å². The maximum absolute atomic E-state index is 12.4. The Kier molecular flexibility index (Phi) is 5.63. The zero-order valence-electron chi connectivity index (χ0n) is 14.2. The summed E-state index contributed by atoms with van der Waals surface area (Å²) in [7, 11) is 1.27. The van der Waals surface area contributed by atoms with Crippen LogP contribution in [0.25, 0.3) is 0 Å². The van der Waals surface area contributed by atoms with E-state index >= 15 is 0 Å². The van der Waals surface area contributed by atoms with Crippen LogP contribution in [0.1, 0.15) is 44.5 Å². The summed E-state index contributed by atoms with van der Waals surface area (Å²) in [6, 6.07) is -0.628. The van der Waals surface area contributed by atoms with Crippen molar-refractivity contribution in [1.29, 1.82) is 0 Å². The van der Waals surface area contributed by atoms with Crippen LogP contribution in [0.15, 0.2) is 4.42 Å². The van der Waals surface area contributed by atoms with Gasteiger partial charge in [-0.1, -0.05) is 13.8 Å². The first-order chi connectivity index (χ1) is 10.9. The Labute approximate surface area is 136 Å². The van der Waals surface area contributed by atoms with E-state index in [4.69, 9.17) is 4.42 Å². The lowest BCUT2D eigenvalue weighted by Gasteiger charge is -2.28. The molecule has 1 N–H and O–H groups in total. The van der Waals surface area contributed by atoms with Crippen LogP contribution >= 0.6 is 0 Å². The van der Waals surface area contributed by atoms with Crippen molar-refractivity contribution in [3.05, 3.63) is 17.3 Å². The third-order valence-corrected chi connectivity index (χ3v) is 3.91. The van der Waals surface area contributed by atoms with Crippen LogP contribution in [0.4, 0.5) is 4.79 Å². The highest BCUT2D eigenvalue weighted by Gasteiger charge is 2.28. The lowest BCUT2D eigenvalue weighted by atomic mass is 10.1. The Morgan fingerprint density at radius 1 is 1.39 bits per heavy atom. The number of oxazole rings is 1. The molecule has 0 radical (unpaired) electrons. The number of ether oxygens (including phenoxy) is 1. The molecule has 128 valence electrons. The lowest BCUT2D eigenvalue weighted by molar-refractivity contribution is -0.134. The minimum Gasteiger partial charge on any atom is -0.453 e. The molecular weight excluding hydrogens is 298 g/mol. The third kappa shape index (κ3) is 4.46. The Balaban J connectivity index is 1.96. The van der Waals surface area contributed by atoms with Gasteiger partial charge in [0.25, 0.3) is 0 Å². The van der Waals surface area contributed by atoms with Gasteiger partial charge in [0, 0.05) is 19.4 Å². The average molecular weight is 323 g/mol. The predicted octanol–water partition coefficient (Wildman–Crippen LogP) is 1.89. The largest absolute Gasteiger partial charge is 0.453 e. The molecule has 0 bridgehead atoms. The number of amides is 2. The second-order valence-corrected chi connectivity index (χ2v) is 6.28. The molecule has 1 aromatic heterocycles. The summed E-state index contributed by atoms with van der Waals surface area (Å²) in [6.07, 6.45) is 1.89. The molecule has 23 heavy (non-hydrogen) atoms. The average Bonchev–Trinajstić information content (AvgIpc) is 2.93. The molecule has 0 spiro atoms. The van der Waals surface area contributed by atoms with Crippen molar-refractivity contribution in [2.45, 2.75) is 52.6 Å². The van der Waals surface area contributed by atoms with E-state index in [1.165, 1.54) is 7.11 Å². The molecule has 1 aliphatic heterocycles. The number of alkyl carbamates (subject to hydrolysis) is 1. The van der Waals surface area contributed by atoms with Crippen LogP contribution in [0, 0.1) is 5.92 Å². The molecular formula is C16H25N3O4. The molecule has 0 saturated heterocycles. The fourth-order valence-corrected chi connectivity index (χ4v) is 2.53. The standard InChI is InChI=1S/C16H25N3O4/c1-10(2)5-6-14-18-12-9-19(8-7-13(12)23-14)15(20)11(3)17-16(21)22-4/h10-11H,5-9H2,1-4H3,(H,17,21). The fraction of sp³-hybridized carbons (Fsp3) is 0.688. The van der Waals surface area contributed by atoms with E-state index in [0.717, 1.165) is 30.2 Å². The molecule has 7 nitrogen and oxygen atoms in total. The van der Waals surface area contributed by atoms with Gasteiger partial charge in [-0.05, 0) is 19.3 Å². The van der Waals surface area contributed by atoms with E-state index in [-0.39, 0.29) is 5.91 Å². The monoisotopic (exact) mass is 323 g/mol. The van der Waals surface area contributed by atoms with Gasteiger partial charge in [0.15, 0.2) is 5.89 Å². The first-order valence-electron chi connectivity index (χ1n) is 8.01. The SMILES string of the molecule is COC(=O)NC(C)C(=O)N1CCc2oc(CCC(C)C)nc2C1. The predicted molar refractivity (Wildman–Crippen MR) is 83.8 cm³/mol. The molecule has 7 heteroatoms. The Bertz CT molecular complexity index is 568.